The zero-order chi connectivity index (χ0) is 21.0. The molecular formula is C22H27N4O3+. The number of quaternary nitrogens is 1. The first-order valence-corrected chi connectivity index (χ1v) is 9.74. The average molecular weight is 395 g/mol. The van der Waals surface area contributed by atoms with E-state index in [1.54, 1.807) is 31.2 Å². The minimum Gasteiger partial charge on any atom is -0.326 e. The average Bonchev–Trinajstić information content (AvgIpc) is 2.93. The quantitative estimate of drug-likeness (QED) is 0.606. The van der Waals surface area contributed by atoms with Crippen LogP contribution in [0.4, 0.5) is 4.79 Å². The van der Waals surface area contributed by atoms with Crippen molar-refractivity contribution in [1.82, 2.24) is 15.8 Å². The summed E-state index contributed by atoms with van der Waals surface area (Å²) in [6.07, 6.45) is 0.985. The van der Waals surface area contributed by atoms with E-state index < -0.39 is 23.4 Å². The van der Waals surface area contributed by atoms with Crippen molar-refractivity contribution >= 4 is 17.8 Å². The lowest BCUT2D eigenvalue weighted by molar-refractivity contribution is -0.885. The molecule has 7 nitrogen and oxygen atoms in total. The van der Waals surface area contributed by atoms with Crippen LogP contribution in [-0.4, -0.2) is 36.4 Å². The van der Waals surface area contributed by atoms with Crippen molar-refractivity contribution in [2.75, 3.05) is 13.6 Å². The van der Waals surface area contributed by atoms with Gasteiger partial charge >= 0.3 is 6.03 Å². The molecule has 1 aliphatic rings. The number of nitrogens with one attached hydrogen (secondary N) is 3. The first-order chi connectivity index (χ1) is 13.8. The van der Waals surface area contributed by atoms with E-state index >= 15 is 0 Å². The Bertz CT molecular complexity index is 898. The Kier molecular flexibility index (Phi) is 5.98. The fourth-order valence-corrected chi connectivity index (χ4v) is 3.45. The van der Waals surface area contributed by atoms with Gasteiger partial charge in [-0.05, 0) is 24.5 Å². The minimum atomic E-state index is -1.20. The molecule has 1 fully saturated rings. The summed E-state index contributed by atoms with van der Waals surface area (Å²) in [4.78, 5) is 38.5. The molecule has 0 radical (unpaired) electrons. The number of hydrogen-bond donors (Lipinski definition) is 3. The molecule has 1 heterocycles. The zero-order valence-electron chi connectivity index (χ0n) is 17.0. The van der Waals surface area contributed by atoms with Crippen molar-refractivity contribution in [2.24, 2.45) is 0 Å². The molecule has 4 amide bonds. The highest BCUT2D eigenvalue weighted by atomic mass is 16.2. The Hall–Kier alpha value is -3.19. The highest BCUT2D eigenvalue weighted by Gasteiger charge is 2.50. The van der Waals surface area contributed by atoms with Crippen molar-refractivity contribution in [2.45, 2.75) is 32.4 Å². The second kappa shape index (κ2) is 8.45. The van der Waals surface area contributed by atoms with Gasteiger partial charge in [0.15, 0.2) is 6.54 Å². The van der Waals surface area contributed by atoms with Crippen LogP contribution in [0.2, 0.25) is 0 Å². The number of imide groups is 1. The Morgan fingerprint density at radius 2 is 1.69 bits per heavy atom. The molecule has 2 aromatic rings. The van der Waals surface area contributed by atoms with E-state index in [0.29, 0.717) is 12.1 Å². The largest absolute Gasteiger partial charge is 0.344 e. The zero-order valence-corrected chi connectivity index (χ0v) is 17.0. The van der Waals surface area contributed by atoms with Gasteiger partial charge in [-0.15, -0.1) is 0 Å². The Morgan fingerprint density at radius 3 is 2.31 bits per heavy atom. The number of rotatable bonds is 7. The van der Waals surface area contributed by atoms with E-state index in [2.05, 4.69) is 41.9 Å². The van der Waals surface area contributed by atoms with E-state index in [1.165, 1.54) is 5.56 Å². The van der Waals surface area contributed by atoms with E-state index in [4.69, 9.17) is 0 Å². The van der Waals surface area contributed by atoms with Crippen LogP contribution >= 0.6 is 0 Å². The minimum absolute atomic E-state index is 0.134. The third-order valence-corrected chi connectivity index (χ3v) is 5.18. The van der Waals surface area contributed by atoms with Gasteiger partial charge in [-0.2, -0.15) is 5.01 Å². The molecule has 29 heavy (non-hydrogen) atoms. The van der Waals surface area contributed by atoms with Crippen molar-refractivity contribution in [3.63, 3.8) is 0 Å². The van der Waals surface area contributed by atoms with Gasteiger partial charge in [0, 0.05) is 5.56 Å². The Morgan fingerprint density at radius 1 is 1.07 bits per heavy atom. The second-order valence-corrected chi connectivity index (χ2v) is 7.58. The van der Waals surface area contributed by atoms with Gasteiger partial charge in [0.05, 0.1) is 7.05 Å². The highest BCUT2D eigenvalue weighted by Crippen LogP contribution is 2.27. The van der Waals surface area contributed by atoms with Gasteiger partial charge in [-0.1, -0.05) is 61.5 Å². The summed E-state index contributed by atoms with van der Waals surface area (Å²) in [7, 11) is 1.90. The Labute approximate surface area is 170 Å². The lowest BCUT2D eigenvalue weighted by atomic mass is 9.92. The SMILES string of the molecule is CCc1ccc(C[NH+](C)CC(=O)NN2C(=O)N[C@@](C)(c3ccccc3)C2=O)cc1. The summed E-state index contributed by atoms with van der Waals surface area (Å²) in [6.45, 7) is 4.54. The molecule has 0 bridgehead atoms. The van der Waals surface area contributed by atoms with Crippen molar-refractivity contribution in [3.8, 4) is 0 Å². The lowest BCUT2D eigenvalue weighted by Crippen LogP contribution is -3.09. The van der Waals surface area contributed by atoms with Crippen LogP contribution in [0, 0.1) is 0 Å². The normalized spacial score (nSPS) is 19.8. The van der Waals surface area contributed by atoms with Crippen LogP contribution in [-0.2, 0) is 28.1 Å². The molecule has 1 saturated heterocycles. The molecule has 0 aliphatic carbocycles. The molecule has 0 aromatic heterocycles. The number of likely N-dealkylation sites (N-methyl/N-ethyl adjacent to an activating group) is 1. The summed E-state index contributed by atoms with van der Waals surface area (Å²) >= 11 is 0. The van der Waals surface area contributed by atoms with Crippen molar-refractivity contribution in [1.29, 1.82) is 0 Å². The number of urea groups is 1. The maximum atomic E-state index is 12.8. The summed E-state index contributed by atoms with van der Waals surface area (Å²) in [5.41, 5.74) is 4.30. The molecular weight excluding hydrogens is 368 g/mol. The molecule has 2 aromatic carbocycles. The topological polar surface area (TPSA) is 82.9 Å². The van der Waals surface area contributed by atoms with E-state index in [9.17, 15) is 14.4 Å². The fraction of sp³-hybridized carbons (Fsp3) is 0.318. The monoisotopic (exact) mass is 395 g/mol. The fourth-order valence-electron chi connectivity index (χ4n) is 3.45. The number of aryl methyl sites for hydroxylation is 1. The van der Waals surface area contributed by atoms with Crippen molar-refractivity contribution < 1.29 is 19.3 Å². The molecule has 1 aliphatic heterocycles. The number of carbonyl (C=O) groups excluding carboxylic acids is 3. The maximum Gasteiger partial charge on any atom is 0.344 e. The number of hydrogen-bond acceptors (Lipinski definition) is 3. The summed E-state index contributed by atoms with van der Waals surface area (Å²) in [5.74, 6) is -0.900. The first kappa shape index (κ1) is 20.5. The van der Waals surface area contributed by atoms with Crippen molar-refractivity contribution in [3.05, 3.63) is 71.3 Å². The maximum absolute atomic E-state index is 12.8. The smallest absolute Gasteiger partial charge is 0.326 e. The molecule has 152 valence electrons. The molecule has 2 atom stereocenters. The van der Waals surface area contributed by atoms with Crippen LogP contribution in [0.5, 0.6) is 0 Å². The van der Waals surface area contributed by atoms with Crippen LogP contribution in [0.3, 0.4) is 0 Å². The van der Waals surface area contributed by atoms with Crippen LogP contribution in [0.1, 0.15) is 30.5 Å². The first-order valence-electron chi connectivity index (χ1n) is 9.74. The van der Waals surface area contributed by atoms with Gasteiger partial charge in [-0.25, -0.2) is 4.79 Å². The molecule has 0 spiro atoms. The number of hydrazine groups is 1. The summed E-state index contributed by atoms with van der Waals surface area (Å²) in [5, 5.41) is 3.45. The predicted octanol–water partition coefficient (Wildman–Crippen LogP) is 0.762. The number of benzene rings is 2. The van der Waals surface area contributed by atoms with Gasteiger partial charge < -0.3 is 10.2 Å². The summed E-state index contributed by atoms with van der Waals surface area (Å²) < 4.78 is 0. The lowest BCUT2D eigenvalue weighted by Gasteiger charge is -2.22. The molecule has 0 saturated carbocycles. The molecule has 3 N–H and O–H groups in total. The van der Waals surface area contributed by atoms with Gasteiger partial charge in [0.1, 0.15) is 12.1 Å². The van der Waals surface area contributed by atoms with E-state index in [1.807, 2.05) is 13.1 Å². The van der Waals surface area contributed by atoms with Gasteiger partial charge in [-0.3, -0.25) is 15.0 Å². The number of carbonyl (C=O) groups is 3. The predicted molar refractivity (Wildman–Crippen MR) is 109 cm³/mol. The number of nitrogens with zero attached hydrogens (tertiary/aromatic N) is 1. The Balaban J connectivity index is 1.59. The van der Waals surface area contributed by atoms with Crippen LogP contribution in [0.15, 0.2) is 54.6 Å². The summed E-state index contributed by atoms with van der Waals surface area (Å²) in [6, 6.07) is 16.6. The van der Waals surface area contributed by atoms with E-state index in [0.717, 1.165) is 21.9 Å². The van der Waals surface area contributed by atoms with Gasteiger partial charge in [0.2, 0.25) is 0 Å². The van der Waals surface area contributed by atoms with E-state index in [-0.39, 0.29) is 6.54 Å². The molecule has 1 unspecified atom stereocenters. The molecule has 7 heteroatoms. The second-order valence-electron chi connectivity index (χ2n) is 7.58. The van der Waals surface area contributed by atoms with Crippen LogP contribution in [0.25, 0.3) is 0 Å². The van der Waals surface area contributed by atoms with Crippen LogP contribution < -0.4 is 15.6 Å². The number of amides is 4. The van der Waals surface area contributed by atoms with Gasteiger partial charge in [0.25, 0.3) is 11.8 Å². The standard InChI is InChI=1S/C22H26N4O3/c1-4-16-10-12-17(13-11-16)14-25(3)15-19(27)24-26-20(28)22(2,23-21(26)29)18-8-6-5-7-9-18/h5-13H,4,14-15H2,1-3H3,(H,23,29)(H,24,27)/p+1/t22-/m0/s1. The third-order valence-electron chi connectivity index (χ3n) is 5.18. The third kappa shape index (κ3) is 4.46. The highest BCUT2D eigenvalue weighted by molar-refractivity contribution is 6.08. The molecule has 3 rings (SSSR count).